The zero-order valence-corrected chi connectivity index (χ0v) is 6.14. The molecular weight excluding hydrogens is 158 g/mol. The molecule has 1 heterocycles. The van der Waals surface area contributed by atoms with Crippen LogP contribution in [0, 0.1) is 0 Å². The van der Waals surface area contributed by atoms with Gasteiger partial charge in [0, 0.05) is 11.8 Å². The van der Waals surface area contributed by atoms with Gasteiger partial charge in [-0.25, -0.2) is 0 Å². The summed E-state index contributed by atoms with van der Waals surface area (Å²) >= 11 is 0. The molecule has 0 radical (unpaired) electrons. The lowest BCUT2D eigenvalue weighted by molar-refractivity contribution is 0.112. The number of carbonyl (C=O) groups excluding carboxylic acids is 1. The minimum absolute atomic E-state index is 0.0764. The monoisotopic (exact) mass is 165 g/mol. The second-order valence-electron chi connectivity index (χ2n) is 2.08. The first-order chi connectivity index (χ1) is 5.77. The number of aromatic nitrogens is 1. The molecule has 0 saturated heterocycles. The summed E-state index contributed by atoms with van der Waals surface area (Å²) in [5, 5.41) is 11.0. The van der Waals surface area contributed by atoms with E-state index in [2.05, 4.69) is 10.1 Å². The van der Waals surface area contributed by atoms with Crippen molar-refractivity contribution in [2.45, 2.75) is 0 Å². The topological polar surface area (TPSA) is 88.6 Å². The average molecular weight is 165 g/mol. The Morgan fingerprint density at radius 1 is 1.67 bits per heavy atom. The van der Waals surface area contributed by atoms with E-state index in [1.807, 2.05) is 0 Å². The van der Waals surface area contributed by atoms with E-state index in [1.54, 1.807) is 0 Å². The van der Waals surface area contributed by atoms with Crippen LogP contribution in [-0.4, -0.2) is 22.3 Å². The van der Waals surface area contributed by atoms with Crippen LogP contribution in [0.2, 0.25) is 0 Å². The molecule has 1 aromatic heterocycles. The van der Waals surface area contributed by atoms with E-state index >= 15 is 0 Å². The highest BCUT2D eigenvalue weighted by Crippen LogP contribution is 1.96. The zero-order chi connectivity index (χ0) is 8.97. The number of rotatable bonds is 2. The molecule has 0 aliphatic heterocycles. The number of hydrogen-bond donors (Lipinski definition) is 2. The van der Waals surface area contributed by atoms with Crippen LogP contribution in [0.4, 0.5) is 0 Å². The van der Waals surface area contributed by atoms with Crippen molar-refractivity contribution in [3.63, 3.8) is 0 Å². The molecule has 5 nitrogen and oxygen atoms in total. The first kappa shape index (κ1) is 8.19. The van der Waals surface area contributed by atoms with Gasteiger partial charge in [0.15, 0.2) is 12.1 Å². The van der Waals surface area contributed by atoms with Gasteiger partial charge in [-0.05, 0) is 12.1 Å². The third-order valence-corrected chi connectivity index (χ3v) is 1.29. The van der Waals surface area contributed by atoms with Crippen molar-refractivity contribution in [3.8, 4) is 0 Å². The van der Waals surface area contributed by atoms with Crippen molar-refractivity contribution in [2.24, 2.45) is 10.9 Å². The first-order valence-electron chi connectivity index (χ1n) is 3.17. The van der Waals surface area contributed by atoms with Crippen LogP contribution in [0.3, 0.4) is 0 Å². The van der Waals surface area contributed by atoms with Crippen LogP contribution in [0.5, 0.6) is 0 Å². The molecule has 0 aliphatic carbocycles. The lowest BCUT2D eigenvalue weighted by atomic mass is 10.2. The van der Waals surface area contributed by atoms with Gasteiger partial charge < -0.3 is 10.9 Å². The Balaban J connectivity index is 2.99. The van der Waals surface area contributed by atoms with Crippen molar-refractivity contribution in [2.75, 3.05) is 0 Å². The SMILES string of the molecule is NC(=NO)c1ccc(C=O)cn1. The van der Waals surface area contributed by atoms with Gasteiger partial charge >= 0.3 is 0 Å². The summed E-state index contributed by atoms with van der Waals surface area (Å²) in [6, 6.07) is 3.03. The molecule has 3 N–H and O–H groups in total. The van der Waals surface area contributed by atoms with Crippen molar-refractivity contribution in [1.82, 2.24) is 4.98 Å². The minimum Gasteiger partial charge on any atom is -0.409 e. The Kier molecular flexibility index (Phi) is 2.37. The Morgan fingerprint density at radius 3 is 2.83 bits per heavy atom. The molecular formula is C7H7N3O2. The molecule has 0 fully saturated rings. The molecule has 1 aromatic rings. The van der Waals surface area contributed by atoms with Gasteiger partial charge in [0.1, 0.15) is 5.69 Å². The third-order valence-electron chi connectivity index (χ3n) is 1.29. The number of nitrogens with two attached hydrogens (primary N) is 1. The van der Waals surface area contributed by atoms with E-state index in [4.69, 9.17) is 10.9 Å². The number of oxime groups is 1. The van der Waals surface area contributed by atoms with Crippen LogP contribution >= 0.6 is 0 Å². The zero-order valence-electron chi connectivity index (χ0n) is 6.14. The molecule has 0 atom stereocenters. The molecule has 0 spiro atoms. The number of carbonyl (C=O) groups is 1. The second kappa shape index (κ2) is 3.47. The number of nitrogens with zero attached hydrogens (tertiary/aromatic N) is 2. The standard InChI is InChI=1S/C7H7N3O2/c8-7(10-12)6-2-1-5(4-11)3-9-6/h1-4,12H,(H2,8,10). The molecule has 12 heavy (non-hydrogen) atoms. The fourth-order valence-corrected chi connectivity index (χ4v) is 0.678. The van der Waals surface area contributed by atoms with E-state index in [0.717, 1.165) is 0 Å². The predicted molar refractivity (Wildman–Crippen MR) is 42.1 cm³/mol. The van der Waals surface area contributed by atoms with Crippen LogP contribution in [0.25, 0.3) is 0 Å². The molecule has 0 unspecified atom stereocenters. The highest BCUT2D eigenvalue weighted by atomic mass is 16.4. The van der Waals surface area contributed by atoms with E-state index in [0.29, 0.717) is 17.5 Å². The highest BCUT2D eigenvalue weighted by molar-refractivity contribution is 5.95. The molecule has 62 valence electrons. The van der Waals surface area contributed by atoms with Crippen molar-refractivity contribution < 1.29 is 10.0 Å². The Labute approximate surface area is 68.5 Å². The van der Waals surface area contributed by atoms with Gasteiger partial charge in [0.05, 0.1) is 0 Å². The van der Waals surface area contributed by atoms with Gasteiger partial charge in [-0.15, -0.1) is 0 Å². The number of aldehydes is 1. The molecule has 0 amide bonds. The van der Waals surface area contributed by atoms with Gasteiger partial charge in [0.2, 0.25) is 0 Å². The first-order valence-corrected chi connectivity index (χ1v) is 3.17. The fourth-order valence-electron chi connectivity index (χ4n) is 0.678. The van der Waals surface area contributed by atoms with Crippen LogP contribution < -0.4 is 5.73 Å². The van der Waals surface area contributed by atoms with Gasteiger partial charge in [0.25, 0.3) is 0 Å². The highest BCUT2D eigenvalue weighted by Gasteiger charge is 1.99. The molecule has 0 aromatic carbocycles. The molecule has 0 aliphatic rings. The van der Waals surface area contributed by atoms with Crippen LogP contribution in [-0.2, 0) is 0 Å². The number of pyridine rings is 1. The molecule has 0 bridgehead atoms. The summed E-state index contributed by atoms with van der Waals surface area (Å²) < 4.78 is 0. The van der Waals surface area contributed by atoms with Crippen molar-refractivity contribution in [1.29, 1.82) is 0 Å². The summed E-state index contributed by atoms with van der Waals surface area (Å²) in [4.78, 5) is 14.0. The third kappa shape index (κ3) is 1.57. The van der Waals surface area contributed by atoms with Crippen molar-refractivity contribution >= 4 is 12.1 Å². The number of amidine groups is 1. The van der Waals surface area contributed by atoms with Gasteiger partial charge in [-0.2, -0.15) is 0 Å². The lowest BCUT2D eigenvalue weighted by Gasteiger charge is -1.95. The van der Waals surface area contributed by atoms with Gasteiger partial charge in [-0.1, -0.05) is 5.16 Å². The summed E-state index contributed by atoms with van der Waals surface area (Å²) in [6.45, 7) is 0. The predicted octanol–water partition coefficient (Wildman–Crippen LogP) is -0.0114. The Morgan fingerprint density at radius 2 is 2.42 bits per heavy atom. The van der Waals surface area contributed by atoms with Crippen LogP contribution in [0.1, 0.15) is 16.1 Å². The Bertz CT molecular complexity index is 305. The largest absolute Gasteiger partial charge is 0.409 e. The molecule has 1 rings (SSSR count). The number of hydrogen-bond acceptors (Lipinski definition) is 4. The maximum absolute atomic E-state index is 10.2. The Hall–Kier alpha value is -1.91. The maximum Gasteiger partial charge on any atom is 0.188 e. The fraction of sp³-hybridized carbons (Fsp3) is 0. The normalized spacial score (nSPS) is 11.2. The van der Waals surface area contributed by atoms with Gasteiger partial charge in [-0.3, -0.25) is 9.78 Å². The lowest BCUT2D eigenvalue weighted by Crippen LogP contribution is -2.14. The summed E-state index contributed by atoms with van der Waals surface area (Å²) in [5.74, 6) is -0.0764. The summed E-state index contributed by atoms with van der Waals surface area (Å²) in [5.41, 5.74) is 6.02. The van der Waals surface area contributed by atoms with E-state index in [1.165, 1.54) is 18.3 Å². The maximum atomic E-state index is 10.2. The van der Waals surface area contributed by atoms with Crippen molar-refractivity contribution in [3.05, 3.63) is 29.6 Å². The minimum atomic E-state index is -0.0764. The quantitative estimate of drug-likeness (QED) is 0.212. The molecule has 5 heteroatoms. The van der Waals surface area contributed by atoms with Crippen LogP contribution in [0.15, 0.2) is 23.5 Å². The molecule has 0 saturated carbocycles. The van der Waals surface area contributed by atoms with E-state index in [9.17, 15) is 4.79 Å². The summed E-state index contributed by atoms with van der Waals surface area (Å²) in [7, 11) is 0. The second-order valence-corrected chi connectivity index (χ2v) is 2.08. The smallest absolute Gasteiger partial charge is 0.188 e. The van der Waals surface area contributed by atoms with E-state index < -0.39 is 0 Å². The average Bonchev–Trinajstić information content (AvgIpc) is 2.17. The van der Waals surface area contributed by atoms with E-state index in [-0.39, 0.29) is 5.84 Å². The summed E-state index contributed by atoms with van der Waals surface area (Å²) in [6.07, 6.45) is 2.02.